The molecule has 0 bridgehead atoms. The van der Waals surface area contributed by atoms with Crippen LogP contribution in [-0.2, 0) is 32.6 Å². The molecule has 2 aliphatic carbocycles. The molecule has 0 heterocycles. The van der Waals surface area contributed by atoms with Gasteiger partial charge < -0.3 is 24.8 Å². The number of halogens is 2. The average molecular weight is 517 g/mol. The van der Waals surface area contributed by atoms with E-state index in [4.69, 9.17) is 0 Å². The van der Waals surface area contributed by atoms with Gasteiger partial charge in [-0.3, -0.25) is 0 Å². The van der Waals surface area contributed by atoms with Gasteiger partial charge >= 0.3 is 26.2 Å². The van der Waals surface area contributed by atoms with Gasteiger partial charge in [0.1, 0.15) is 0 Å². The molecule has 156 valence electrons. The smallest absolute Gasteiger partial charge is 1.00 e. The third-order valence-electron chi connectivity index (χ3n) is 6.21. The van der Waals surface area contributed by atoms with E-state index in [0.29, 0.717) is 17.8 Å². The van der Waals surface area contributed by atoms with Crippen molar-refractivity contribution in [1.29, 1.82) is 0 Å². The molecule has 0 saturated heterocycles. The Labute approximate surface area is 213 Å². The van der Waals surface area contributed by atoms with Crippen molar-refractivity contribution in [1.82, 2.24) is 0 Å². The van der Waals surface area contributed by atoms with Crippen LogP contribution in [0.25, 0.3) is 6.08 Å². The Balaban J connectivity index is 0.00000150. The zero-order valence-corrected chi connectivity index (χ0v) is 21.8. The molecule has 0 radical (unpaired) electrons. The third kappa shape index (κ3) is 5.67. The van der Waals surface area contributed by atoms with Gasteiger partial charge in [0.2, 0.25) is 0 Å². The van der Waals surface area contributed by atoms with E-state index < -0.39 is 0 Å². The van der Waals surface area contributed by atoms with Crippen molar-refractivity contribution in [2.75, 3.05) is 0 Å². The molecular formula is C27H30Cl2Zr. The molecule has 2 aromatic rings. The fraction of sp³-hybridized carbons (Fsp3) is 0.333. The molecule has 0 fully saturated rings. The maximum absolute atomic E-state index is 2.47. The minimum Gasteiger partial charge on any atom is -1.00 e. The molecule has 30 heavy (non-hydrogen) atoms. The number of fused-ring (bicyclic) bond motifs is 1. The quantitative estimate of drug-likeness (QED) is 0.488. The molecule has 3 heteroatoms. The van der Waals surface area contributed by atoms with Crippen LogP contribution in [0.3, 0.4) is 0 Å². The van der Waals surface area contributed by atoms with Gasteiger partial charge in [-0.1, -0.05) is 98.7 Å². The minimum absolute atomic E-state index is 0. The Morgan fingerprint density at radius 2 is 1.57 bits per heavy atom. The van der Waals surface area contributed by atoms with Gasteiger partial charge in [0, 0.05) is 17.8 Å². The normalized spacial score (nSPS) is 17.1. The van der Waals surface area contributed by atoms with Gasteiger partial charge in [-0.25, -0.2) is 0 Å². The molecule has 0 amide bonds. The van der Waals surface area contributed by atoms with Crippen molar-refractivity contribution in [3.63, 3.8) is 0 Å². The monoisotopic (exact) mass is 514 g/mol. The maximum atomic E-state index is 2.47. The molecule has 0 saturated carbocycles. The number of hydrogen-bond donors (Lipinski definition) is 0. The van der Waals surface area contributed by atoms with Crippen LogP contribution in [0, 0.1) is 12.8 Å². The van der Waals surface area contributed by atoms with Crippen LogP contribution in [0.5, 0.6) is 0 Å². The van der Waals surface area contributed by atoms with Gasteiger partial charge in [-0.15, -0.1) is 0 Å². The zero-order chi connectivity index (χ0) is 18.6. The first-order valence-electron chi connectivity index (χ1n) is 10.5. The molecular weight excluding hydrogens is 486 g/mol. The number of aryl methyl sites for hydroxylation is 2. The Hall–Kier alpha value is -0.877. The predicted molar refractivity (Wildman–Crippen MR) is 117 cm³/mol. The summed E-state index contributed by atoms with van der Waals surface area (Å²) < 4.78 is 0. The number of unbranched alkanes of at least 4 members (excludes halogenated alkanes) is 2. The number of benzene rings is 2. The van der Waals surface area contributed by atoms with Crippen LogP contribution in [0.1, 0.15) is 65.8 Å². The number of rotatable bonds is 7. The summed E-state index contributed by atoms with van der Waals surface area (Å²) in [5.41, 5.74) is 7.48. The molecule has 0 aliphatic heterocycles. The molecule has 4 rings (SSSR count). The van der Waals surface area contributed by atoms with Crippen molar-refractivity contribution in [2.24, 2.45) is 5.92 Å². The van der Waals surface area contributed by atoms with E-state index in [1.807, 2.05) is 0 Å². The number of allylic oxidation sites excluding steroid dienone is 5. The Bertz CT molecular complexity index is 871. The summed E-state index contributed by atoms with van der Waals surface area (Å²) in [5, 5.41) is 0. The van der Waals surface area contributed by atoms with E-state index in [1.165, 1.54) is 42.4 Å². The van der Waals surface area contributed by atoms with E-state index >= 15 is 0 Å². The largest absolute Gasteiger partial charge is 2.00 e. The second-order valence-electron chi connectivity index (χ2n) is 7.99. The molecule has 2 aromatic carbocycles. The van der Waals surface area contributed by atoms with Crippen LogP contribution < -0.4 is 24.8 Å². The van der Waals surface area contributed by atoms with Crippen LogP contribution in [0.2, 0.25) is 0 Å². The van der Waals surface area contributed by atoms with Gasteiger partial charge in [0.05, 0.1) is 0 Å². The van der Waals surface area contributed by atoms with Crippen molar-refractivity contribution < 1.29 is 51.0 Å². The molecule has 0 nitrogen and oxygen atoms in total. The first-order valence-corrected chi connectivity index (χ1v) is 10.5. The first-order chi connectivity index (χ1) is 13.3. The van der Waals surface area contributed by atoms with Crippen molar-refractivity contribution in [3.8, 4) is 0 Å². The second-order valence-corrected chi connectivity index (χ2v) is 7.99. The van der Waals surface area contributed by atoms with Crippen molar-refractivity contribution in [3.05, 3.63) is 101 Å². The van der Waals surface area contributed by atoms with Crippen LogP contribution >= 0.6 is 0 Å². The molecule has 2 aliphatic rings. The second kappa shape index (κ2) is 12.9. The zero-order valence-electron chi connectivity index (χ0n) is 17.8. The average Bonchev–Trinajstić information content (AvgIpc) is 3.37. The standard InChI is InChI=1S/C27H30.2ClH.Zr/c1-3-4-6-11-23-17-16-20(2)24-18-19-25(27(23)24)26(22-14-9-10-15-22)21-12-7-5-8-13-21;;;/h5,7-10,12-19,22,25-26H,3-4,6,11H2,1-2H3;2*1H;/q;;;+2/p-2. The van der Waals surface area contributed by atoms with Crippen molar-refractivity contribution in [2.45, 2.75) is 51.4 Å². The van der Waals surface area contributed by atoms with Gasteiger partial charge in [0.25, 0.3) is 0 Å². The summed E-state index contributed by atoms with van der Waals surface area (Å²) in [6.07, 6.45) is 19.1. The van der Waals surface area contributed by atoms with E-state index in [-0.39, 0.29) is 51.0 Å². The van der Waals surface area contributed by atoms with Crippen LogP contribution in [-0.4, -0.2) is 0 Å². The van der Waals surface area contributed by atoms with Crippen molar-refractivity contribution >= 4 is 6.08 Å². The fourth-order valence-electron chi connectivity index (χ4n) is 4.82. The molecule has 0 N–H and O–H groups in total. The summed E-state index contributed by atoms with van der Waals surface area (Å²) >= 11 is 0. The SMILES string of the molecule is CCCCCc1ccc(C)c2c1C(C(c1ccccc1)C1C=CC=C1)C=C2.[Cl-].[Cl-].[Zr+2]. The van der Waals surface area contributed by atoms with E-state index in [0.717, 1.165) is 0 Å². The minimum atomic E-state index is 0. The topological polar surface area (TPSA) is 0 Å². The molecule has 2 unspecified atom stereocenters. The summed E-state index contributed by atoms with van der Waals surface area (Å²) in [6.45, 7) is 4.54. The van der Waals surface area contributed by atoms with E-state index in [2.05, 4.69) is 92.8 Å². The maximum Gasteiger partial charge on any atom is 2.00 e. The van der Waals surface area contributed by atoms with E-state index in [9.17, 15) is 0 Å². The van der Waals surface area contributed by atoms with Gasteiger partial charge in [-0.05, 0) is 47.6 Å². The summed E-state index contributed by atoms with van der Waals surface area (Å²) in [6, 6.07) is 15.8. The summed E-state index contributed by atoms with van der Waals surface area (Å²) in [7, 11) is 0. The van der Waals surface area contributed by atoms with Crippen LogP contribution in [0.15, 0.2) is 72.8 Å². The molecule has 2 atom stereocenters. The summed E-state index contributed by atoms with van der Waals surface area (Å²) in [4.78, 5) is 0. The third-order valence-corrected chi connectivity index (χ3v) is 6.21. The van der Waals surface area contributed by atoms with Gasteiger partial charge in [-0.2, -0.15) is 0 Å². The molecule has 0 spiro atoms. The summed E-state index contributed by atoms with van der Waals surface area (Å²) in [5.74, 6) is 1.39. The van der Waals surface area contributed by atoms with Crippen LogP contribution in [0.4, 0.5) is 0 Å². The Kier molecular flexibility index (Phi) is 11.6. The predicted octanol–water partition coefficient (Wildman–Crippen LogP) is 1.37. The Morgan fingerprint density at radius 3 is 2.23 bits per heavy atom. The number of hydrogen-bond acceptors (Lipinski definition) is 0. The van der Waals surface area contributed by atoms with Gasteiger partial charge in [0.15, 0.2) is 0 Å². The molecule has 0 aromatic heterocycles. The Morgan fingerprint density at radius 1 is 0.867 bits per heavy atom. The van der Waals surface area contributed by atoms with E-state index in [1.54, 1.807) is 11.1 Å². The fourth-order valence-corrected chi connectivity index (χ4v) is 4.82. The first kappa shape index (κ1) is 27.2.